The van der Waals surface area contributed by atoms with E-state index in [1.807, 2.05) is 11.4 Å². The highest BCUT2D eigenvalue weighted by Gasteiger charge is 2.21. The van der Waals surface area contributed by atoms with E-state index in [9.17, 15) is 9.90 Å². The summed E-state index contributed by atoms with van der Waals surface area (Å²) in [6.07, 6.45) is 0. The lowest BCUT2D eigenvalue weighted by Crippen LogP contribution is -2.43. The molecule has 0 aliphatic rings. The Labute approximate surface area is 92.9 Å². The number of nitrogens with one attached hydrogen (secondary N) is 1. The molecule has 1 heterocycles. The van der Waals surface area contributed by atoms with Crippen molar-refractivity contribution in [2.45, 2.75) is 12.5 Å². The summed E-state index contributed by atoms with van der Waals surface area (Å²) < 4.78 is 4.83. The molecule has 1 rings (SSSR count). The molecule has 5 heteroatoms. The van der Waals surface area contributed by atoms with E-state index in [0.29, 0.717) is 4.88 Å². The molecule has 1 amide bonds. The van der Waals surface area contributed by atoms with Crippen LogP contribution in [0.4, 0.5) is 0 Å². The predicted octanol–water partition coefficient (Wildman–Crippen LogP) is 0.875. The van der Waals surface area contributed by atoms with Gasteiger partial charge in [-0.15, -0.1) is 11.3 Å². The third-order valence-corrected chi connectivity index (χ3v) is 2.70. The van der Waals surface area contributed by atoms with Gasteiger partial charge in [-0.3, -0.25) is 4.79 Å². The standard InChI is InChI=1S/C10H15NO3S/c1-10(13,7-14-2)6-11-9(12)8-4-3-5-15-8/h3-5,13H,6-7H2,1-2H3,(H,11,12)/t10-/m1/s1. The lowest BCUT2D eigenvalue weighted by Gasteiger charge is -2.22. The summed E-state index contributed by atoms with van der Waals surface area (Å²) in [7, 11) is 1.51. The Morgan fingerprint density at radius 2 is 2.47 bits per heavy atom. The second-order valence-electron chi connectivity index (χ2n) is 3.59. The van der Waals surface area contributed by atoms with Crippen LogP contribution < -0.4 is 5.32 Å². The zero-order chi connectivity index (χ0) is 11.3. The molecule has 0 aliphatic carbocycles. The molecule has 1 atom stereocenters. The maximum atomic E-state index is 11.5. The molecule has 4 nitrogen and oxygen atoms in total. The first-order valence-corrected chi connectivity index (χ1v) is 5.46. The van der Waals surface area contributed by atoms with Crippen molar-refractivity contribution >= 4 is 17.2 Å². The van der Waals surface area contributed by atoms with Crippen molar-refractivity contribution in [3.05, 3.63) is 22.4 Å². The molecule has 15 heavy (non-hydrogen) atoms. The van der Waals surface area contributed by atoms with Crippen LogP contribution in [-0.2, 0) is 4.74 Å². The van der Waals surface area contributed by atoms with Gasteiger partial charge in [0.2, 0.25) is 0 Å². The monoisotopic (exact) mass is 229 g/mol. The van der Waals surface area contributed by atoms with Crippen molar-refractivity contribution in [2.24, 2.45) is 0 Å². The van der Waals surface area contributed by atoms with Gasteiger partial charge in [0.1, 0.15) is 5.60 Å². The van der Waals surface area contributed by atoms with Crippen LogP contribution in [0.15, 0.2) is 17.5 Å². The molecule has 0 fully saturated rings. The molecular formula is C10H15NO3S. The van der Waals surface area contributed by atoms with Gasteiger partial charge < -0.3 is 15.2 Å². The van der Waals surface area contributed by atoms with Gasteiger partial charge in [0, 0.05) is 13.7 Å². The van der Waals surface area contributed by atoms with Gasteiger partial charge in [0.15, 0.2) is 0 Å². The van der Waals surface area contributed by atoms with Gasteiger partial charge in [0.25, 0.3) is 5.91 Å². The minimum Gasteiger partial charge on any atom is -0.386 e. The zero-order valence-electron chi connectivity index (χ0n) is 8.82. The van der Waals surface area contributed by atoms with Gasteiger partial charge in [0.05, 0.1) is 11.5 Å². The fourth-order valence-electron chi connectivity index (χ4n) is 1.13. The lowest BCUT2D eigenvalue weighted by atomic mass is 10.1. The van der Waals surface area contributed by atoms with Crippen molar-refractivity contribution in [3.63, 3.8) is 0 Å². The first kappa shape index (κ1) is 12.2. The van der Waals surface area contributed by atoms with Gasteiger partial charge in [-0.2, -0.15) is 0 Å². The zero-order valence-corrected chi connectivity index (χ0v) is 9.63. The molecule has 0 unspecified atom stereocenters. The number of carbonyl (C=O) groups excluding carboxylic acids is 1. The van der Waals surface area contributed by atoms with Gasteiger partial charge >= 0.3 is 0 Å². The average molecular weight is 229 g/mol. The van der Waals surface area contributed by atoms with Crippen molar-refractivity contribution in [2.75, 3.05) is 20.3 Å². The highest BCUT2D eigenvalue weighted by atomic mass is 32.1. The van der Waals surface area contributed by atoms with Crippen molar-refractivity contribution < 1.29 is 14.6 Å². The molecule has 84 valence electrons. The molecule has 0 aliphatic heterocycles. The van der Waals surface area contributed by atoms with E-state index in [2.05, 4.69) is 5.32 Å². The van der Waals surface area contributed by atoms with Crippen molar-refractivity contribution in [1.29, 1.82) is 0 Å². The molecule has 0 radical (unpaired) electrons. The average Bonchev–Trinajstić information content (AvgIpc) is 2.67. The summed E-state index contributed by atoms with van der Waals surface area (Å²) in [4.78, 5) is 12.1. The normalized spacial score (nSPS) is 14.6. The van der Waals surface area contributed by atoms with Crippen molar-refractivity contribution in [3.8, 4) is 0 Å². The van der Waals surface area contributed by atoms with Crippen LogP contribution in [-0.4, -0.2) is 36.9 Å². The van der Waals surface area contributed by atoms with Gasteiger partial charge in [-0.1, -0.05) is 6.07 Å². The summed E-state index contributed by atoms with van der Waals surface area (Å²) in [5.74, 6) is -0.165. The predicted molar refractivity (Wildman–Crippen MR) is 59.2 cm³/mol. The molecule has 0 saturated heterocycles. The maximum absolute atomic E-state index is 11.5. The number of hydrogen-bond acceptors (Lipinski definition) is 4. The molecule has 1 aromatic heterocycles. The van der Waals surface area contributed by atoms with E-state index in [0.717, 1.165) is 0 Å². The Morgan fingerprint density at radius 1 is 1.73 bits per heavy atom. The Morgan fingerprint density at radius 3 is 3.00 bits per heavy atom. The van der Waals surface area contributed by atoms with E-state index >= 15 is 0 Å². The Balaban J connectivity index is 2.40. The van der Waals surface area contributed by atoms with Crippen molar-refractivity contribution in [1.82, 2.24) is 5.32 Å². The number of aliphatic hydroxyl groups is 1. The van der Waals surface area contributed by atoms with Crippen LogP contribution in [0.2, 0.25) is 0 Å². The van der Waals surface area contributed by atoms with Gasteiger partial charge in [-0.25, -0.2) is 0 Å². The number of rotatable bonds is 5. The molecule has 0 spiro atoms. The SMILES string of the molecule is COC[C@](C)(O)CNC(=O)c1cccs1. The first-order chi connectivity index (χ1) is 7.05. The molecule has 0 bridgehead atoms. The van der Waals surface area contributed by atoms with Crippen LogP contribution in [0.5, 0.6) is 0 Å². The topological polar surface area (TPSA) is 58.6 Å². The molecule has 2 N–H and O–H groups in total. The number of ether oxygens (including phenoxy) is 1. The molecule has 1 aromatic rings. The van der Waals surface area contributed by atoms with E-state index < -0.39 is 5.60 Å². The Kier molecular flexibility index (Phi) is 4.26. The number of methoxy groups -OCH3 is 1. The Bertz CT molecular complexity index is 308. The van der Waals surface area contributed by atoms with Crippen LogP contribution in [0.25, 0.3) is 0 Å². The number of carbonyl (C=O) groups is 1. The largest absolute Gasteiger partial charge is 0.386 e. The van der Waals surface area contributed by atoms with Gasteiger partial charge in [-0.05, 0) is 18.4 Å². The fraction of sp³-hybridized carbons (Fsp3) is 0.500. The fourth-order valence-corrected chi connectivity index (χ4v) is 1.77. The molecule has 0 saturated carbocycles. The minimum atomic E-state index is -1.03. The minimum absolute atomic E-state index is 0.165. The lowest BCUT2D eigenvalue weighted by molar-refractivity contribution is -0.0146. The Hall–Kier alpha value is -0.910. The molecular weight excluding hydrogens is 214 g/mol. The van der Waals surface area contributed by atoms with Crippen LogP contribution in [0, 0.1) is 0 Å². The van der Waals surface area contributed by atoms with E-state index in [1.54, 1.807) is 13.0 Å². The smallest absolute Gasteiger partial charge is 0.261 e. The third-order valence-electron chi connectivity index (χ3n) is 1.83. The van der Waals surface area contributed by atoms with Crippen LogP contribution in [0.1, 0.15) is 16.6 Å². The summed E-state index contributed by atoms with van der Waals surface area (Å²) in [6, 6.07) is 3.55. The summed E-state index contributed by atoms with van der Waals surface area (Å²) in [5, 5.41) is 14.2. The third kappa shape index (κ3) is 3.99. The summed E-state index contributed by atoms with van der Waals surface area (Å²) in [5.41, 5.74) is -1.03. The molecule has 0 aromatic carbocycles. The highest BCUT2D eigenvalue weighted by Crippen LogP contribution is 2.08. The van der Waals surface area contributed by atoms with E-state index in [4.69, 9.17) is 4.74 Å². The van der Waals surface area contributed by atoms with E-state index in [-0.39, 0.29) is 19.1 Å². The maximum Gasteiger partial charge on any atom is 0.261 e. The highest BCUT2D eigenvalue weighted by molar-refractivity contribution is 7.12. The quantitative estimate of drug-likeness (QED) is 0.788. The van der Waals surface area contributed by atoms with Crippen LogP contribution >= 0.6 is 11.3 Å². The second kappa shape index (κ2) is 5.25. The number of thiophene rings is 1. The second-order valence-corrected chi connectivity index (χ2v) is 4.54. The van der Waals surface area contributed by atoms with Crippen LogP contribution in [0.3, 0.4) is 0 Å². The number of amides is 1. The first-order valence-electron chi connectivity index (χ1n) is 4.58. The summed E-state index contributed by atoms with van der Waals surface area (Å²) >= 11 is 1.37. The van der Waals surface area contributed by atoms with E-state index in [1.165, 1.54) is 18.4 Å². The number of hydrogen-bond donors (Lipinski definition) is 2. The summed E-state index contributed by atoms with van der Waals surface area (Å²) in [6.45, 7) is 1.99.